The van der Waals surface area contributed by atoms with Crippen molar-refractivity contribution in [3.05, 3.63) is 35.0 Å². The van der Waals surface area contributed by atoms with E-state index in [9.17, 15) is 4.79 Å². The van der Waals surface area contributed by atoms with E-state index < -0.39 is 0 Å². The smallest absolute Gasteiger partial charge is 0.338 e. The van der Waals surface area contributed by atoms with Gasteiger partial charge in [-0.15, -0.1) is 0 Å². The van der Waals surface area contributed by atoms with Crippen molar-refractivity contribution in [3.8, 4) is 0 Å². The highest BCUT2D eigenvalue weighted by molar-refractivity contribution is 5.96. The van der Waals surface area contributed by atoms with Crippen LogP contribution in [0.4, 0.5) is 0 Å². The topological polar surface area (TPSA) is 46.5 Å². The molecule has 1 aromatic heterocycles. The molecule has 3 rings (SSSR count). The van der Waals surface area contributed by atoms with Crippen LogP contribution in [-0.4, -0.2) is 31.2 Å². The third-order valence-electron chi connectivity index (χ3n) is 3.79. The molecule has 0 bridgehead atoms. The van der Waals surface area contributed by atoms with Crippen molar-refractivity contribution in [2.24, 2.45) is 0 Å². The van der Waals surface area contributed by atoms with Gasteiger partial charge < -0.3 is 14.6 Å². The van der Waals surface area contributed by atoms with E-state index in [-0.39, 0.29) is 5.97 Å². The minimum atomic E-state index is -0.240. The summed E-state index contributed by atoms with van der Waals surface area (Å²) >= 11 is 0. The van der Waals surface area contributed by atoms with Gasteiger partial charge in [-0.25, -0.2) is 4.79 Å². The SMILES string of the molecule is CCOC(=O)c1ccc2[nH]c3c(c2c1)C[NH+](C)CC3. The van der Waals surface area contributed by atoms with Gasteiger partial charge in [0.05, 0.1) is 25.8 Å². The summed E-state index contributed by atoms with van der Waals surface area (Å²) in [6.45, 7) is 4.41. The number of carbonyl (C=O) groups is 1. The van der Waals surface area contributed by atoms with Gasteiger partial charge in [-0.3, -0.25) is 0 Å². The molecule has 1 atom stereocenters. The van der Waals surface area contributed by atoms with E-state index in [2.05, 4.69) is 12.0 Å². The van der Waals surface area contributed by atoms with Gasteiger partial charge in [0.1, 0.15) is 6.54 Å². The molecule has 4 heteroatoms. The number of hydrogen-bond donors (Lipinski definition) is 2. The molecular formula is C15H19N2O2+. The van der Waals surface area contributed by atoms with Gasteiger partial charge in [0, 0.05) is 28.6 Å². The molecule has 1 aromatic carbocycles. The lowest BCUT2D eigenvalue weighted by atomic mass is 10.0. The first kappa shape index (κ1) is 12.2. The van der Waals surface area contributed by atoms with Gasteiger partial charge in [-0.1, -0.05) is 0 Å². The van der Waals surface area contributed by atoms with Crippen molar-refractivity contribution >= 4 is 16.9 Å². The number of rotatable bonds is 2. The van der Waals surface area contributed by atoms with Gasteiger partial charge in [0.2, 0.25) is 0 Å². The van der Waals surface area contributed by atoms with Crippen molar-refractivity contribution in [1.29, 1.82) is 0 Å². The highest BCUT2D eigenvalue weighted by Crippen LogP contribution is 2.25. The second kappa shape index (κ2) is 4.70. The number of benzene rings is 1. The number of aromatic amines is 1. The first-order chi connectivity index (χ1) is 9.19. The number of carbonyl (C=O) groups excluding carboxylic acids is 1. The maximum absolute atomic E-state index is 11.8. The molecule has 0 radical (unpaired) electrons. The minimum absolute atomic E-state index is 0.240. The van der Waals surface area contributed by atoms with Gasteiger partial charge >= 0.3 is 5.97 Å². The number of ether oxygens (including phenoxy) is 1. The fourth-order valence-electron chi connectivity index (χ4n) is 2.79. The lowest BCUT2D eigenvalue weighted by molar-refractivity contribution is -0.895. The van der Waals surface area contributed by atoms with Gasteiger partial charge in [-0.05, 0) is 25.1 Å². The molecule has 0 fully saturated rings. The summed E-state index contributed by atoms with van der Waals surface area (Å²) in [7, 11) is 2.21. The van der Waals surface area contributed by atoms with Crippen LogP contribution in [0.3, 0.4) is 0 Å². The van der Waals surface area contributed by atoms with E-state index >= 15 is 0 Å². The molecule has 1 aliphatic rings. The standard InChI is InChI=1S/C15H18N2O2/c1-3-19-15(18)10-4-5-13-11(8-10)12-9-17(2)7-6-14(12)16-13/h4-5,8,16H,3,6-7,9H2,1-2H3/p+1. The molecule has 2 N–H and O–H groups in total. The molecule has 0 amide bonds. The number of esters is 1. The highest BCUT2D eigenvalue weighted by atomic mass is 16.5. The second-order valence-corrected chi connectivity index (χ2v) is 5.20. The maximum atomic E-state index is 11.8. The van der Waals surface area contributed by atoms with Crippen LogP contribution in [0.1, 0.15) is 28.5 Å². The Kier molecular flexibility index (Phi) is 3.03. The zero-order valence-electron chi connectivity index (χ0n) is 11.4. The number of likely N-dealkylation sites (N-methyl/N-ethyl adjacent to an activating group) is 1. The monoisotopic (exact) mass is 259 g/mol. The average Bonchev–Trinajstić information content (AvgIpc) is 2.76. The molecule has 19 heavy (non-hydrogen) atoms. The summed E-state index contributed by atoms with van der Waals surface area (Å²) < 4.78 is 5.06. The van der Waals surface area contributed by atoms with E-state index in [1.54, 1.807) is 0 Å². The predicted molar refractivity (Wildman–Crippen MR) is 73.4 cm³/mol. The first-order valence-corrected chi connectivity index (χ1v) is 6.81. The van der Waals surface area contributed by atoms with Crippen molar-refractivity contribution in [2.45, 2.75) is 19.9 Å². The van der Waals surface area contributed by atoms with Crippen molar-refractivity contribution in [2.75, 3.05) is 20.2 Å². The number of fused-ring (bicyclic) bond motifs is 3. The summed E-state index contributed by atoms with van der Waals surface area (Å²) in [5.41, 5.74) is 4.43. The van der Waals surface area contributed by atoms with Crippen LogP contribution >= 0.6 is 0 Å². The molecule has 0 aliphatic carbocycles. The molecule has 1 aliphatic heterocycles. The van der Waals surface area contributed by atoms with Crippen LogP contribution < -0.4 is 4.90 Å². The second-order valence-electron chi connectivity index (χ2n) is 5.20. The van der Waals surface area contributed by atoms with Crippen LogP contribution in [0.5, 0.6) is 0 Å². The molecule has 2 aromatic rings. The molecular weight excluding hydrogens is 240 g/mol. The Morgan fingerprint density at radius 1 is 1.47 bits per heavy atom. The Labute approximate surface area is 112 Å². The lowest BCUT2D eigenvalue weighted by Crippen LogP contribution is -3.08. The van der Waals surface area contributed by atoms with Gasteiger partial charge in [0.25, 0.3) is 0 Å². The largest absolute Gasteiger partial charge is 0.462 e. The Bertz CT molecular complexity index is 630. The van der Waals surface area contributed by atoms with Gasteiger partial charge in [0.15, 0.2) is 0 Å². The predicted octanol–water partition coefficient (Wildman–Crippen LogP) is 0.915. The number of H-pyrrole nitrogens is 1. The van der Waals surface area contributed by atoms with Crippen molar-refractivity contribution < 1.29 is 14.4 Å². The third-order valence-corrected chi connectivity index (χ3v) is 3.79. The van der Waals surface area contributed by atoms with Crippen LogP contribution in [0.25, 0.3) is 10.9 Å². The summed E-state index contributed by atoms with van der Waals surface area (Å²) in [6, 6.07) is 5.77. The van der Waals surface area contributed by atoms with E-state index in [1.807, 2.05) is 25.1 Å². The number of quaternary nitrogens is 1. The fourth-order valence-corrected chi connectivity index (χ4v) is 2.79. The van der Waals surface area contributed by atoms with E-state index in [1.165, 1.54) is 21.5 Å². The zero-order valence-corrected chi connectivity index (χ0v) is 11.4. The minimum Gasteiger partial charge on any atom is -0.462 e. The Hall–Kier alpha value is -1.81. The molecule has 0 saturated carbocycles. The van der Waals surface area contributed by atoms with Crippen molar-refractivity contribution in [3.63, 3.8) is 0 Å². The summed E-state index contributed by atoms with van der Waals surface area (Å²) in [6.07, 6.45) is 1.07. The summed E-state index contributed by atoms with van der Waals surface area (Å²) in [4.78, 5) is 16.8. The zero-order chi connectivity index (χ0) is 13.4. The lowest BCUT2D eigenvalue weighted by Gasteiger charge is -2.19. The normalized spacial score (nSPS) is 18.3. The fraction of sp³-hybridized carbons (Fsp3) is 0.400. The molecule has 0 spiro atoms. The first-order valence-electron chi connectivity index (χ1n) is 6.81. The van der Waals surface area contributed by atoms with E-state index in [0.717, 1.165) is 25.0 Å². The Morgan fingerprint density at radius 2 is 2.32 bits per heavy atom. The quantitative estimate of drug-likeness (QED) is 0.788. The third kappa shape index (κ3) is 2.12. The van der Waals surface area contributed by atoms with Crippen LogP contribution in [-0.2, 0) is 17.7 Å². The van der Waals surface area contributed by atoms with Crippen molar-refractivity contribution in [1.82, 2.24) is 4.98 Å². The van der Waals surface area contributed by atoms with Crippen LogP contribution in [0.2, 0.25) is 0 Å². The Morgan fingerprint density at radius 3 is 3.11 bits per heavy atom. The average molecular weight is 259 g/mol. The highest BCUT2D eigenvalue weighted by Gasteiger charge is 2.21. The van der Waals surface area contributed by atoms with Crippen LogP contribution in [0.15, 0.2) is 18.2 Å². The summed E-state index contributed by atoms with van der Waals surface area (Å²) in [5, 5.41) is 1.17. The molecule has 100 valence electrons. The number of nitrogens with one attached hydrogen (secondary N) is 2. The summed E-state index contributed by atoms with van der Waals surface area (Å²) in [5.74, 6) is -0.240. The van der Waals surface area contributed by atoms with E-state index in [4.69, 9.17) is 4.74 Å². The maximum Gasteiger partial charge on any atom is 0.338 e. The molecule has 4 nitrogen and oxygen atoms in total. The molecule has 1 unspecified atom stereocenters. The molecule has 0 saturated heterocycles. The van der Waals surface area contributed by atoms with Crippen LogP contribution in [0, 0.1) is 0 Å². The van der Waals surface area contributed by atoms with Gasteiger partial charge in [-0.2, -0.15) is 0 Å². The molecule has 2 heterocycles. The van der Waals surface area contributed by atoms with E-state index in [0.29, 0.717) is 12.2 Å². The number of hydrogen-bond acceptors (Lipinski definition) is 2. The Balaban J connectivity index is 2.07. The number of aromatic nitrogens is 1.